The zero-order valence-corrected chi connectivity index (χ0v) is 8.37. The van der Waals surface area contributed by atoms with Crippen molar-refractivity contribution >= 4 is 27.3 Å². The lowest BCUT2D eigenvalue weighted by atomic mass is 10.4. The summed E-state index contributed by atoms with van der Waals surface area (Å²) in [5.74, 6) is 0. The van der Waals surface area contributed by atoms with Gasteiger partial charge in [-0.25, -0.2) is 0 Å². The first-order valence-corrected chi connectivity index (χ1v) is 4.87. The Kier molecular flexibility index (Phi) is 1.91. The fraction of sp³-hybridized carbons (Fsp3) is 0.429. The molecule has 0 aromatic carbocycles. The Bertz CT molecular complexity index is 267. The van der Waals surface area contributed by atoms with E-state index in [0.29, 0.717) is 6.10 Å². The lowest BCUT2D eigenvalue weighted by Crippen LogP contribution is -1.75. The van der Waals surface area contributed by atoms with Gasteiger partial charge in [0.25, 0.3) is 0 Å². The van der Waals surface area contributed by atoms with Crippen LogP contribution >= 0.6 is 27.3 Å². The molecule has 1 atom stereocenters. The summed E-state index contributed by atoms with van der Waals surface area (Å²) in [6, 6.07) is 2.06. The van der Waals surface area contributed by atoms with E-state index in [1.807, 2.05) is 0 Å². The molecule has 2 heterocycles. The Balaban J connectivity index is 2.28. The molecule has 0 N–H and O–H groups in total. The predicted molar refractivity (Wildman–Crippen MR) is 47.3 cm³/mol. The van der Waals surface area contributed by atoms with Crippen molar-refractivity contribution < 1.29 is 9.47 Å². The maximum absolute atomic E-state index is 5.14. The van der Waals surface area contributed by atoms with Crippen LogP contribution in [0.5, 0.6) is 5.06 Å². The van der Waals surface area contributed by atoms with E-state index < -0.39 is 0 Å². The van der Waals surface area contributed by atoms with Gasteiger partial charge in [0.05, 0.1) is 18.2 Å². The zero-order valence-electron chi connectivity index (χ0n) is 5.96. The second kappa shape index (κ2) is 2.77. The Hall–Kier alpha value is -0.0600. The molecule has 0 spiro atoms. The van der Waals surface area contributed by atoms with Crippen LogP contribution in [0.1, 0.15) is 11.0 Å². The first-order chi connectivity index (χ1) is 5.31. The fourth-order valence-corrected chi connectivity index (χ4v) is 2.58. The molecule has 0 bridgehead atoms. The lowest BCUT2D eigenvalue weighted by molar-refractivity contribution is 0.418. The third-order valence-corrected chi connectivity index (χ3v) is 3.55. The smallest absolute Gasteiger partial charge is 0.188 e. The van der Waals surface area contributed by atoms with Crippen LogP contribution in [0, 0.1) is 0 Å². The summed E-state index contributed by atoms with van der Waals surface area (Å²) in [6.07, 6.45) is 0.334. The van der Waals surface area contributed by atoms with Crippen LogP contribution in [-0.4, -0.2) is 13.7 Å². The van der Waals surface area contributed by atoms with Crippen LogP contribution in [0.4, 0.5) is 0 Å². The predicted octanol–water partition coefficient (Wildman–Crippen LogP) is 2.59. The molecule has 1 unspecified atom stereocenters. The standard InChI is InChI=1S/C7H7BrO2S/c1-9-7-4(8)2-6(11-7)5-3-10-5/h2,5H,3H2,1H3. The van der Waals surface area contributed by atoms with Crippen molar-refractivity contribution in [2.24, 2.45) is 0 Å². The van der Waals surface area contributed by atoms with Crippen molar-refractivity contribution in [2.75, 3.05) is 13.7 Å². The highest BCUT2D eigenvalue weighted by Crippen LogP contribution is 2.42. The largest absolute Gasteiger partial charge is 0.486 e. The van der Waals surface area contributed by atoms with Gasteiger partial charge < -0.3 is 9.47 Å². The molecule has 2 nitrogen and oxygen atoms in total. The van der Waals surface area contributed by atoms with Gasteiger partial charge in [-0.3, -0.25) is 0 Å². The molecule has 11 heavy (non-hydrogen) atoms. The van der Waals surface area contributed by atoms with Gasteiger partial charge in [0.15, 0.2) is 5.06 Å². The number of hydrogen-bond acceptors (Lipinski definition) is 3. The van der Waals surface area contributed by atoms with E-state index in [9.17, 15) is 0 Å². The van der Waals surface area contributed by atoms with E-state index in [4.69, 9.17) is 9.47 Å². The van der Waals surface area contributed by atoms with Crippen LogP contribution in [-0.2, 0) is 4.74 Å². The van der Waals surface area contributed by atoms with Gasteiger partial charge in [-0.15, -0.1) is 11.3 Å². The van der Waals surface area contributed by atoms with Gasteiger partial charge in [0.1, 0.15) is 6.10 Å². The summed E-state index contributed by atoms with van der Waals surface area (Å²) in [5, 5.41) is 0.926. The van der Waals surface area contributed by atoms with Crippen molar-refractivity contribution in [3.8, 4) is 5.06 Å². The molecule has 1 aromatic heterocycles. The van der Waals surface area contributed by atoms with Gasteiger partial charge in [-0.05, 0) is 22.0 Å². The number of thiophene rings is 1. The second-order valence-corrected chi connectivity index (χ2v) is 4.21. The summed E-state index contributed by atoms with van der Waals surface area (Å²) in [5.41, 5.74) is 0. The minimum absolute atomic E-state index is 0.334. The van der Waals surface area contributed by atoms with Crippen molar-refractivity contribution in [3.05, 3.63) is 15.4 Å². The number of epoxide rings is 1. The SMILES string of the molecule is COc1sc(C2CO2)cc1Br. The summed E-state index contributed by atoms with van der Waals surface area (Å²) in [4.78, 5) is 1.24. The Morgan fingerprint density at radius 3 is 3.00 bits per heavy atom. The first-order valence-electron chi connectivity index (χ1n) is 3.26. The van der Waals surface area contributed by atoms with Gasteiger partial charge >= 0.3 is 0 Å². The molecule has 0 aliphatic carbocycles. The van der Waals surface area contributed by atoms with Crippen molar-refractivity contribution in [3.63, 3.8) is 0 Å². The molecule has 0 radical (unpaired) electrons. The Morgan fingerprint density at radius 1 is 1.82 bits per heavy atom. The Labute approximate surface area is 77.3 Å². The third kappa shape index (κ3) is 1.43. The Morgan fingerprint density at radius 2 is 2.55 bits per heavy atom. The quantitative estimate of drug-likeness (QED) is 0.735. The molecular weight excluding hydrogens is 228 g/mol. The lowest BCUT2D eigenvalue weighted by Gasteiger charge is -1.91. The van der Waals surface area contributed by atoms with Crippen LogP contribution in [0.3, 0.4) is 0 Å². The van der Waals surface area contributed by atoms with Crippen molar-refractivity contribution in [1.29, 1.82) is 0 Å². The molecule has 1 fully saturated rings. The average molecular weight is 235 g/mol. The van der Waals surface area contributed by atoms with Crippen molar-refractivity contribution in [1.82, 2.24) is 0 Å². The van der Waals surface area contributed by atoms with Crippen LogP contribution < -0.4 is 4.74 Å². The first kappa shape index (κ1) is 7.58. The highest BCUT2D eigenvalue weighted by molar-refractivity contribution is 9.10. The van der Waals surface area contributed by atoms with Crippen LogP contribution in [0.15, 0.2) is 10.5 Å². The molecular formula is C7H7BrO2S. The summed E-state index contributed by atoms with van der Waals surface area (Å²) in [6.45, 7) is 0.857. The van der Waals surface area contributed by atoms with E-state index in [1.165, 1.54) is 4.88 Å². The summed E-state index contributed by atoms with van der Waals surface area (Å²) < 4.78 is 11.3. The average Bonchev–Trinajstić information content (AvgIpc) is 2.76. The highest BCUT2D eigenvalue weighted by Gasteiger charge is 2.27. The van der Waals surface area contributed by atoms with Gasteiger partial charge in [-0.2, -0.15) is 0 Å². The zero-order chi connectivity index (χ0) is 7.84. The molecule has 1 aromatic rings. The molecule has 0 saturated carbocycles. The van der Waals surface area contributed by atoms with Gasteiger partial charge in [0, 0.05) is 4.88 Å². The third-order valence-electron chi connectivity index (χ3n) is 1.51. The maximum atomic E-state index is 5.14. The minimum atomic E-state index is 0.334. The molecule has 1 saturated heterocycles. The van der Waals surface area contributed by atoms with E-state index >= 15 is 0 Å². The molecule has 0 amide bonds. The molecule has 2 rings (SSSR count). The van der Waals surface area contributed by atoms with E-state index in [-0.39, 0.29) is 0 Å². The number of ether oxygens (including phenoxy) is 2. The number of hydrogen-bond donors (Lipinski definition) is 0. The number of rotatable bonds is 2. The molecule has 60 valence electrons. The van der Waals surface area contributed by atoms with E-state index in [0.717, 1.165) is 16.1 Å². The molecule has 1 aliphatic rings. The summed E-state index contributed by atoms with van der Waals surface area (Å²) in [7, 11) is 1.67. The van der Waals surface area contributed by atoms with E-state index in [2.05, 4.69) is 22.0 Å². The summed E-state index contributed by atoms with van der Waals surface area (Å²) >= 11 is 5.04. The topological polar surface area (TPSA) is 21.8 Å². The monoisotopic (exact) mass is 234 g/mol. The normalized spacial score (nSPS) is 21.8. The van der Waals surface area contributed by atoms with Crippen LogP contribution in [0.25, 0.3) is 0 Å². The second-order valence-electron chi connectivity index (χ2n) is 2.31. The van der Waals surface area contributed by atoms with Crippen molar-refractivity contribution in [2.45, 2.75) is 6.10 Å². The van der Waals surface area contributed by atoms with Crippen LogP contribution in [0.2, 0.25) is 0 Å². The highest BCUT2D eigenvalue weighted by atomic mass is 79.9. The fourth-order valence-electron chi connectivity index (χ4n) is 0.879. The van der Waals surface area contributed by atoms with Gasteiger partial charge in [-0.1, -0.05) is 0 Å². The number of methoxy groups -OCH3 is 1. The molecule has 1 aliphatic heterocycles. The van der Waals surface area contributed by atoms with E-state index in [1.54, 1.807) is 18.4 Å². The maximum Gasteiger partial charge on any atom is 0.188 e. The number of halogens is 1. The minimum Gasteiger partial charge on any atom is -0.486 e. The van der Waals surface area contributed by atoms with Gasteiger partial charge in [0.2, 0.25) is 0 Å². The molecule has 4 heteroatoms.